The molecule has 3 heterocycles. The van der Waals surface area contributed by atoms with Crippen molar-refractivity contribution in [3.8, 4) is 0 Å². The summed E-state index contributed by atoms with van der Waals surface area (Å²) in [6.07, 6.45) is 1.94. The second kappa shape index (κ2) is 7.50. The van der Waals surface area contributed by atoms with Gasteiger partial charge in [-0.25, -0.2) is 4.98 Å². The van der Waals surface area contributed by atoms with Crippen molar-refractivity contribution in [3.05, 3.63) is 35.4 Å². The Labute approximate surface area is 163 Å². The largest absolute Gasteiger partial charge is 0.353 e. The second-order valence-corrected chi connectivity index (χ2v) is 8.78. The predicted molar refractivity (Wildman–Crippen MR) is 108 cm³/mol. The molecule has 2 aliphatic heterocycles. The van der Waals surface area contributed by atoms with E-state index in [4.69, 9.17) is 4.98 Å². The maximum Gasteiger partial charge on any atom is 0.223 e. The Balaban J connectivity index is 1.33. The van der Waals surface area contributed by atoms with Crippen LogP contribution in [0.2, 0.25) is 0 Å². The highest BCUT2D eigenvalue weighted by Crippen LogP contribution is 2.27. The molecule has 0 radical (unpaired) electrons. The summed E-state index contributed by atoms with van der Waals surface area (Å²) in [6.45, 7) is 5.66. The molecule has 0 bridgehead atoms. The van der Waals surface area contributed by atoms with Crippen LogP contribution in [0.3, 0.4) is 0 Å². The number of rotatable bonds is 4. The summed E-state index contributed by atoms with van der Waals surface area (Å²) in [5.74, 6) is 1.33. The Kier molecular flexibility index (Phi) is 5.08. The van der Waals surface area contributed by atoms with E-state index < -0.39 is 0 Å². The molecule has 0 spiro atoms. The van der Waals surface area contributed by atoms with Gasteiger partial charge in [0, 0.05) is 49.0 Å². The lowest BCUT2D eigenvalue weighted by atomic mass is 9.93. The van der Waals surface area contributed by atoms with Crippen molar-refractivity contribution >= 4 is 34.5 Å². The SMILES string of the molecule is Cc1ccc2nc(SCCC(=O)N3CC[C@@H]4NC(=O)C[C@@H]4C3)cc(C)c2c1. The number of aryl methyl sites for hydroxylation is 2. The summed E-state index contributed by atoms with van der Waals surface area (Å²) >= 11 is 1.64. The van der Waals surface area contributed by atoms with E-state index in [1.807, 2.05) is 4.90 Å². The van der Waals surface area contributed by atoms with Crippen LogP contribution in [-0.2, 0) is 9.59 Å². The molecule has 0 aliphatic carbocycles. The molecule has 6 heteroatoms. The Morgan fingerprint density at radius 2 is 2.19 bits per heavy atom. The van der Waals surface area contributed by atoms with Crippen molar-refractivity contribution in [2.24, 2.45) is 5.92 Å². The molecule has 0 unspecified atom stereocenters. The van der Waals surface area contributed by atoms with Crippen LogP contribution in [0.5, 0.6) is 0 Å². The maximum absolute atomic E-state index is 12.6. The number of carbonyl (C=O) groups excluding carboxylic acids is 2. The number of carbonyl (C=O) groups is 2. The Bertz CT molecular complexity index is 898. The van der Waals surface area contributed by atoms with Gasteiger partial charge in [0.1, 0.15) is 0 Å². The highest BCUT2D eigenvalue weighted by molar-refractivity contribution is 7.99. The molecular weight excluding hydrogens is 358 g/mol. The first-order valence-electron chi connectivity index (χ1n) is 9.57. The number of hydrogen-bond donors (Lipinski definition) is 1. The fraction of sp³-hybridized carbons (Fsp3) is 0.476. The van der Waals surface area contributed by atoms with E-state index in [-0.39, 0.29) is 23.8 Å². The minimum Gasteiger partial charge on any atom is -0.353 e. The number of benzene rings is 1. The minimum atomic E-state index is 0.128. The van der Waals surface area contributed by atoms with Crippen LogP contribution in [0.1, 0.15) is 30.4 Å². The zero-order chi connectivity index (χ0) is 19.0. The molecule has 1 aromatic carbocycles. The van der Waals surface area contributed by atoms with Gasteiger partial charge in [-0.05, 0) is 44.0 Å². The maximum atomic E-state index is 12.6. The number of hydrogen-bond acceptors (Lipinski definition) is 4. The fourth-order valence-corrected chi connectivity index (χ4v) is 5.02. The topological polar surface area (TPSA) is 62.3 Å². The predicted octanol–water partition coefficient (Wildman–Crippen LogP) is 3.07. The van der Waals surface area contributed by atoms with Gasteiger partial charge in [-0.2, -0.15) is 0 Å². The number of piperidine rings is 1. The summed E-state index contributed by atoms with van der Waals surface area (Å²) < 4.78 is 0. The standard InChI is InChI=1S/C21H25N3O2S/c1-13-3-4-18-16(9-13)14(2)10-20(23-18)27-8-6-21(26)24-7-5-17-15(12-24)11-19(25)22-17/h3-4,9-10,15,17H,5-8,11-12H2,1-2H3,(H,22,25)/t15-,17+/m1/s1. The zero-order valence-electron chi connectivity index (χ0n) is 15.8. The summed E-state index contributed by atoms with van der Waals surface area (Å²) in [6, 6.07) is 8.69. The first-order chi connectivity index (χ1) is 13.0. The van der Waals surface area contributed by atoms with Crippen LogP contribution in [0, 0.1) is 19.8 Å². The normalized spacial score (nSPS) is 22.0. The lowest BCUT2D eigenvalue weighted by Crippen LogP contribution is -2.47. The van der Waals surface area contributed by atoms with E-state index in [0.717, 1.165) is 29.3 Å². The molecule has 0 saturated carbocycles. The van der Waals surface area contributed by atoms with Gasteiger partial charge in [-0.1, -0.05) is 11.6 Å². The monoisotopic (exact) mass is 383 g/mol. The average molecular weight is 384 g/mol. The molecule has 2 saturated heterocycles. The number of pyridine rings is 1. The molecule has 2 fully saturated rings. The molecule has 2 atom stereocenters. The van der Waals surface area contributed by atoms with Crippen LogP contribution in [0.4, 0.5) is 0 Å². The van der Waals surface area contributed by atoms with E-state index in [9.17, 15) is 9.59 Å². The molecular formula is C21H25N3O2S. The lowest BCUT2D eigenvalue weighted by Gasteiger charge is -2.34. The molecule has 1 N–H and O–H groups in total. The summed E-state index contributed by atoms with van der Waals surface area (Å²) in [5, 5.41) is 5.18. The smallest absolute Gasteiger partial charge is 0.223 e. The van der Waals surface area contributed by atoms with Crippen LogP contribution in [0.15, 0.2) is 29.3 Å². The minimum absolute atomic E-state index is 0.128. The number of aromatic nitrogens is 1. The van der Waals surface area contributed by atoms with Gasteiger partial charge in [0.25, 0.3) is 0 Å². The molecule has 5 nitrogen and oxygen atoms in total. The van der Waals surface area contributed by atoms with Gasteiger partial charge < -0.3 is 10.2 Å². The first kappa shape index (κ1) is 18.3. The number of likely N-dealkylation sites (tertiary alicyclic amines) is 1. The van der Waals surface area contributed by atoms with Crippen LogP contribution in [-0.4, -0.2) is 46.6 Å². The third kappa shape index (κ3) is 3.95. The van der Waals surface area contributed by atoms with Gasteiger partial charge in [0.05, 0.1) is 10.5 Å². The molecule has 1 aromatic heterocycles. The first-order valence-corrected chi connectivity index (χ1v) is 10.6. The molecule has 2 amide bonds. The number of fused-ring (bicyclic) bond motifs is 2. The van der Waals surface area contributed by atoms with Gasteiger partial charge in [-0.3, -0.25) is 9.59 Å². The number of thioether (sulfide) groups is 1. The van der Waals surface area contributed by atoms with E-state index in [2.05, 4.69) is 43.4 Å². The summed E-state index contributed by atoms with van der Waals surface area (Å²) in [4.78, 5) is 30.8. The van der Waals surface area contributed by atoms with Crippen molar-refractivity contribution in [3.63, 3.8) is 0 Å². The van der Waals surface area contributed by atoms with Gasteiger partial charge in [0.15, 0.2) is 0 Å². The molecule has 27 heavy (non-hydrogen) atoms. The number of nitrogens with one attached hydrogen (secondary N) is 1. The third-order valence-corrected chi connectivity index (χ3v) is 6.51. The van der Waals surface area contributed by atoms with Crippen molar-refractivity contribution in [2.45, 2.75) is 44.2 Å². The summed E-state index contributed by atoms with van der Waals surface area (Å²) in [7, 11) is 0. The Morgan fingerprint density at radius 3 is 3.04 bits per heavy atom. The van der Waals surface area contributed by atoms with Crippen LogP contribution < -0.4 is 5.32 Å². The average Bonchev–Trinajstić information content (AvgIpc) is 3.01. The van der Waals surface area contributed by atoms with Gasteiger partial charge in [0.2, 0.25) is 11.8 Å². The molecule has 2 aromatic rings. The third-order valence-electron chi connectivity index (χ3n) is 5.59. The molecule has 4 rings (SSSR count). The fourth-order valence-electron chi connectivity index (χ4n) is 4.11. The van der Waals surface area contributed by atoms with Crippen molar-refractivity contribution < 1.29 is 9.59 Å². The van der Waals surface area contributed by atoms with Crippen LogP contribution in [0.25, 0.3) is 10.9 Å². The Hall–Kier alpha value is -2.08. The molecule has 142 valence electrons. The Morgan fingerprint density at radius 1 is 1.33 bits per heavy atom. The quantitative estimate of drug-likeness (QED) is 0.825. The van der Waals surface area contributed by atoms with E-state index in [0.29, 0.717) is 19.4 Å². The second-order valence-electron chi connectivity index (χ2n) is 7.66. The van der Waals surface area contributed by atoms with E-state index >= 15 is 0 Å². The highest BCUT2D eigenvalue weighted by Gasteiger charge is 2.37. The molecule has 2 aliphatic rings. The zero-order valence-corrected chi connectivity index (χ0v) is 16.6. The van der Waals surface area contributed by atoms with E-state index in [1.54, 1.807) is 11.8 Å². The lowest BCUT2D eigenvalue weighted by molar-refractivity contribution is -0.132. The van der Waals surface area contributed by atoms with Crippen molar-refractivity contribution in [2.75, 3.05) is 18.8 Å². The highest BCUT2D eigenvalue weighted by atomic mass is 32.2. The van der Waals surface area contributed by atoms with Gasteiger partial charge in [-0.15, -0.1) is 11.8 Å². The van der Waals surface area contributed by atoms with Crippen LogP contribution >= 0.6 is 11.8 Å². The summed E-state index contributed by atoms with van der Waals surface area (Å²) in [5.41, 5.74) is 3.47. The van der Waals surface area contributed by atoms with Gasteiger partial charge >= 0.3 is 0 Å². The number of nitrogens with zero attached hydrogens (tertiary/aromatic N) is 2. The number of amides is 2. The van der Waals surface area contributed by atoms with Crippen molar-refractivity contribution in [1.82, 2.24) is 15.2 Å². The van der Waals surface area contributed by atoms with E-state index in [1.165, 1.54) is 16.5 Å². The van der Waals surface area contributed by atoms with Crippen molar-refractivity contribution in [1.29, 1.82) is 0 Å².